The van der Waals surface area contributed by atoms with Crippen molar-refractivity contribution >= 4 is 10.0 Å². The molecule has 0 amide bonds. The van der Waals surface area contributed by atoms with Gasteiger partial charge >= 0.3 is 0 Å². The van der Waals surface area contributed by atoms with Gasteiger partial charge in [-0.05, 0) is 44.8 Å². The number of primary sulfonamides is 1. The second-order valence-corrected chi connectivity index (χ2v) is 6.61. The number of sulfonamides is 1. The minimum Gasteiger partial charge on any atom is -0.316 e. The van der Waals surface area contributed by atoms with E-state index in [1.807, 2.05) is 0 Å². The van der Waals surface area contributed by atoms with Crippen molar-refractivity contribution in [3.63, 3.8) is 0 Å². The molecule has 1 rings (SSSR count). The van der Waals surface area contributed by atoms with Crippen molar-refractivity contribution in [1.82, 2.24) is 10.2 Å². The van der Waals surface area contributed by atoms with Crippen LogP contribution in [0.5, 0.6) is 0 Å². The lowest BCUT2D eigenvalue weighted by molar-refractivity contribution is 0.217. The van der Waals surface area contributed by atoms with Crippen molar-refractivity contribution in [3.05, 3.63) is 0 Å². The average Bonchev–Trinajstić information content (AvgIpc) is 2.27. The van der Waals surface area contributed by atoms with Crippen LogP contribution in [-0.2, 0) is 10.0 Å². The van der Waals surface area contributed by atoms with Gasteiger partial charge in [-0.2, -0.15) is 0 Å². The molecule has 5 nitrogen and oxygen atoms in total. The van der Waals surface area contributed by atoms with Crippen molar-refractivity contribution in [1.29, 1.82) is 0 Å². The van der Waals surface area contributed by atoms with Crippen LogP contribution in [0, 0.1) is 5.92 Å². The molecule has 1 fully saturated rings. The van der Waals surface area contributed by atoms with Gasteiger partial charge < -0.3 is 10.2 Å². The molecular weight excluding hydrogens is 238 g/mol. The Kier molecular flexibility index (Phi) is 6.40. The molecule has 1 aliphatic rings. The number of hydrogen-bond donors (Lipinski definition) is 2. The van der Waals surface area contributed by atoms with E-state index >= 15 is 0 Å². The van der Waals surface area contributed by atoms with Crippen LogP contribution in [0.1, 0.15) is 26.2 Å². The van der Waals surface area contributed by atoms with Crippen molar-refractivity contribution in [2.24, 2.45) is 11.1 Å². The number of nitrogens with two attached hydrogens (primary N) is 1. The summed E-state index contributed by atoms with van der Waals surface area (Å²) in [5.41, 5.74) is 0. The van der Waals surface area contributed by atoms with Crippen molar-refractivity contribution in [2.45, 2.75) is 26.2 Å². The summed E-state index contributed by atoms with van der Waals surface area (Å²) in [6, 6.07) is 0. The molecule has 0 bridgehead atoms. The molecule has 1 aliphatic heterocycles. The summed E-state index contributed by atoms with van der Waals surface area (Å²) in [5, 5.41) is 8.43. The van der Waals surface area contributed by atoms with Crippen LogP contribution in [0.3, 0.4) is 0 Å². The molecule has 0 aromatic carbocycles. The average molecular weight is 263 g/mol. The second kappa shape index (κ2) is 7.31. The zero-order valence-electron chi connectivity index (χ0n) is 10.7. The van der Waals surface area contributed by atoms with Gasteiger partial charge in [-0.15, -0.1) is 0 Å². The zero-order valence-corrected chi connectivity index (χ0v) is 11.5. The maximum absolute atomic E-state index is 11.0. The molecule has 0 radical (unpaired) electrons. The van der Waals surface area contributed by atoms with Crippen LogP contribution >= 0.6 is 0 Å². The molecule has 1 saturated heterocycles. The molecule has 102 valence electrons. The Morgan fingerprint density at radius 2 is 2.18 bits per heavy atom. The fraction of sp³-hybridized carbons (Fsp3) is 1.00. The quantitative estimate of drug-likeness (QED) is 0.677. The smallest absolute Gasteiger partial charge is 0.210 e. The summed E-state index contributed by atoms with van der Waals surface area (Å²) in [4.78, 5) is 2.22. The molecule has 6 heteroatoms. The minimum atomic E-state index is -3.34. The number of nitrogens with zero attached hydrogens (tertiary/aromatic N) is 1. The molecule has 1 atom stereocenters. The first-order valence-electron chi connectivity index (χ1n) is 6.45. The van der Waals surface area contributed by atoms with E-state index in [1.54, 1.807) is 0 Å². The zero-order chi connectivity index (χ0) is 12.7. The van der Waals surface area contributed by atoms with Gasteiger partial charge in [0.1, 0.15) is 0 Å². The molecule has 1 unspecified atom stereocenters. The van der Waals surface area contributed by atoms with Crippen molar-refractivity contribution in [2.75, 3.05) is 38.5 Å². The molecule has 0 aliphatic carbocycles. The Labute approximate surface area is 105 Å². The standard InChI is InChI=1S/C11H25N3O2S/c1-2-6-14(7-8-17(12,15)16)10-11-4-3-5-13-9-11/h11,13H,2-10H2,1H3,(H2,12,15,16). The lowest BCUT2D eigenvalue weighted by atomic mass is 9.99. The minimum absolute atomic E-state index is 0.0626. The third-order valence-electron chi connectivity index (χ3n) is 3.15. The maximum atomic E-state index is 11.0. The highest BCUT2D eigenvalue weighted by Gasteiger charge is 2.17. The molecule has 17 heavy (non-hydrogen) atoms. The van der Waals surface area contributed by atoms with Crippen LogP contribution < -0.4 is 10.5 Å². The highest BCUT2D eigenvalue weighted by Crippen LogP contribution is 2.12. The topological polar surface area (TPSA) is 75.4 Å². The summed E-state index contributed by atoms with van der Waals surface area (Å²) in [7, 11) is -3.34. The van der Waals surface area contributed by atoms with Gasteiger partial charge in [-0.25, -0.2) is 13.6 Å². The maximum Gasteiger partial charge on any atom is 0.210 e. The van der Waals surface area contributed by atoms with Crippen LogP contribution in [0.2, 0.25) is 0 Å². The van der Waals surface area contributed by atoms with Gasteiger partial charge in [0, 0.05) is 13.1 Å². The van der Waals surface area contributed by atoms with E-state index in [0.717, 1.165) is 32.6 Å². The van der Waals surface area contributed by atoms with Crippen molar-refractivity contribution in [3.8, 4) is 0 Å². The van der Waals surface area contributed by atoms with Gasteiger partial charge in [0.25, 0.3) is 0 Å². The third-order valence-corrected chi connectivity index (χ3v) is 3.90. The Morgan fingerprint density at radius 1 is 1.41 bits per heavy atom. The Morgan fingerprint density at radius 3 is 2.71 bits per heavy atom. The van der Waals surface area contributed by atoms with E-state index in [4.69, 9.17) is 5.14 Å². The predicted octanol–water partition coefficient (Wildman–Crippen LogP) is -0.0135. The molecular formula is C11H25N3O2S. The summed E-state index contributed by atoms with van der Waals surface area (Å²) in [6.07, 6.45) is 3.51. The molecule has 1 heterocycles. The number of nitrogens with one attached hydrogen (secondary N) is 1. The van der Waals surface area contributed by atoms with Crippen molar-refractivity contribution < 1.29 is 8.42 Å². The first-order chi connectivity index (χ1) is 8.01. The van der Waals surface area contributed by atoms with Gasteiger partial charge in [0.15, 0.2) is 0 Å². The van der Waals surface area contributed by atoms with E-state index < -0.39 is 10.0 Å². The number of rotatable bonds is 7. The van der Waals surface area contributed by atoms with Crippen LogP contribution in [0.25, 0.3) is 0 Å². The van der Waals surface area contributed by atoms with Gasteiger partial charge in [-0.1, -0.05) is 6.92 Å². The van der Waals surface area contributed by atoms with E-state index in [2.05, 4.69) is 17.1 Å². The van der Waals surface area contributed by atoms with Crippen LogP contribution in [0.4, 0.5) is 0 Å². The summed E-state index contributed by atoms with van der Waals surface area (Å²) in [6.45, 7) is 6.77. The second-order valence-electron chi connectivity index (χ2n) is 4.88. The number of hydrogen-bond acceptors (Lipinski definition) is 4. The monoisotopic (exact) mass is 263 g/mol. The third kappa shape index (κ3) is 6.98. The highest BCUT2D eigenvalue weighted by molar-refractivity contribution is 7.89. The Hall–Kier alpha value is -0.170. The number of piperidine rings is 1. The largest absolute Gasteiger partial charge is 0.316 e. The first kappa shape index (κ1) is 14.9. The molecule has 3 N–H and O–H groups in total. The fourth-order valence-corrected chi connectivity index (χ4v) is 2.82. The van der Waals surface area contributed by atoms with E-state index in [9.17, 15) is 8.42 Å². The summed E-state index contributed by atoms with van der Waals surface area (Å²) in [5.74, 6) is 0.712. The molecule has 0 saturated carbocycles. The SMILES string of the molecule is CCCN(CCS(N)(=O)=O)CC1CCCNC1. The fourth-order valence-electron chi connectivity index (χ4n) is 2.31. The summed E-state index contributed by atoms with van der Waals surface area (Å²) >= 11 is 0. The molecule has 0 spiro atoms. The van der Waals surface area contributed by atoms with Gasteiger partial charge in [0.05, 0.1) is 5.75 Å². The van der Waals surface area contributed by atoms with E-state index in [1.165, 1.54) is 12.8 Å². The summed E-state index contributed by atoms with van der Waals surface area (Å²) < 4.78 is 21.9. The van der Waals surface area contributed by atoms with E-state index in [-0.39, 0.29) is 5.75 Å². The van der Waals surface area contributed by atoms with Crippen LogP contribution in [-0.4, -0.2) is 51.8 Å². The lowest BCUT2D eigenvalue weighted by Crippen LogP contribution is -2.40. The Bertz CT molecular complexity index is 300. The highest BCUT2D eigenvalue weighted by atomic mass is 32.2. The van der Waals surface area contributed by atoms with Crippen LogP contribution in [0.15, 0.2) is 0 Å². The Balaban J connectivity index is 2.36. The predicted molar refractivity (Wildman–Crippen MR) is 70.3 cm³/mol. The molecule has 0 aromatic rings. The van der Waals surface area contributed by atoms with Gasteiger partial charge in [-0.3, -0.25) is 0 Å². The first-order valence-corrected chi connectivity index (χ1v) is 8.16. The molecule has 0 aromatic heterocycles. The normalized spacial score (nSPS) is 21.9. The van der Waals surface area contributed by atoms with Gasteiger partial charge in [0.2, 0.25) is 10.0 Å². The van der Waals surface area contributed by atoms with E-state index in [0.29, 0.717) is 12.5 Å². The lowest BCUT2D eigenvalue weighted by Gasteiger charge is -2.29.